The Morgan fingerprint density at radius 3 is 2.65 bits per heavy atom. The van der Waals surface area contributed by atoms with E-state index in [2.05, 4.69) is 5.32 Å². The second kappa shape index (κ2) is 8.45. The Hall–Kier alpha value is -0.650. The summed E-state index contributed by atoms with van der Waals surface area (Å²) in [5, 5.41) is 3.20. The van der Waals surface area contributed by atoms with E-state index in [0.29, 0.717) is 13.0 Å². The van der Waals surface area contributed by atoms with Gasteiger partial charge in [-0.2, -0.15) is 0 Å². The van der Waals surface area contributed by atoms with Crippen LogP contribution in [0.15, 0.2) is 0 Å². The molecule has 3 fully saturated rings. The van der Waals surface area contributed by atoms with Crippen molar-refractivity contribution in [1.29, 1.82) is 0 Å². The van der Waals surface area contributed by atoms with Gasteiger partial charge in [0.25, 0.3) is 0 Å². The average molecular weight is 325 g/mol. The van der Waals surface area contributed by atoms with Gasteiger partial charge in [-0.3, -0.25) is 4.79 Å². The zero-order valence-corrected chi connectivity index (χ0v) is 14.2. The first-order valence-corrected chi connectivity index (χ1v) is 9.38. The first-order chi connectivity index (χ1) is 11.3. The van der Waals surface area contributed by atoms with Gasteiger partial charge in [0.2, 0.25) is 5.91 Å². The molecule has 1 saturated carbocycles. The molecule has 0 bridgehead atoms. The smallest absolute Gasteiger partial charge is 0.222 e. The van der Waals surface area contributed by atoms with Crippen molar-refractivity contribution < 1.29 is 19.0 Å². The Labute approximate surface area is 139 Å². The first-order valence-electron chi connectivity index (χ1n) is 9.38. The van der Waals surface area contributed by atoms with Gasteiger partial charge in [0.1, 0.15) is 0 Å². The van der Waals surface area contributed by atoms with Crippen molar-refractivity contribution in [3.05, 3.63) is 0 Å². The summed E-state index contributed by atoms with van der Waals surface area (Å²) < 4.78 is 17.2. The van der Waals surface area contributed by atoms with Gasteiger partial charge in [0, 0.05) is 32.3 Å². The molecule has 23 heavy (non-hydrogen) atoms. The quantitative estimate of drug-likeness (QED) is 0.844. The molecule has 0 radical (unpaired) electrons. The SMILES string of the molecule is O=C(CCOC1CCOCC1)N[C@H]1CCOC2(CCCCC2)C1. The maximum absolute atomic E-state index is 12.2. The summed E-state index contributed by atoms with van der Waals surface area (Å²) >= 11 is 0. The van der Waals surface area contributed by atoms with E-state index in [1.165, 1.54) is 19.3 Å². The lowest BCUT2D eigenvalue weighted by molar-refractivity contribution is -0.130. The molecule has 1 aliphatic carbocycles. The van der Waals surface area contributed by atoms with Crippen LogP contribution in [-0.4, -0.2) is 50.1 Å². The predicted molar refractivity (Wildman–Crippen MR) is 87.3 cm³/mol. The van der Waals surface area contributed by atoms with Gasteiger partial charge in [0.05, 0.1) is 18.3 Å². The molecule has 5 nitrogen and oxygen atoms in total. The molecule has 0 aromatic rings. The van der Waals surface area contributed by atoms with Gasteiger partial charge in [-0.15, -0.1) is 0 Å². The van der Waals surface area contributed by atoms with Crippen LogP contribution in [0, 0.1) is 0 Å². The lowest BCUT2D eigenvalue weighted by Crippen LogP contribution is -2.49. The van der Waals surface area contributed by atoms with Gasteiger partial charge >= 0.3 is 0 Å². The van der Waals surface area contributed by atoms with Crippen LogP contribution in [0.2, 0.25) is 0 Å². The number of carbonyl (C=O) groups excluding carboxylic acids is 1. The van der Waals surface area contributed by atoms with E-state index in [0.717, 1.165) is 58.3 Å². The molecule has 0 aromatic heterocycles. The number of rotatable bonds is 5. The standard InChI is InChI=1S/C18H31NO4/c20-17(7-12-22-16-5-10-21-11-6-16)19-15-4-13-23-18(14-15)8-2-1-3-9-18/h15-16H,1-14H2,(H,19,20)/t15-/m0/s1. The number of ether oxygens (including phenoxy) is 3. The number of amides is 1. The molecular weight excluding hydrogens is 294 g/mol. The van der Waals surface area contributed by atoms with Crippen LogP contribution in [-0.2, 0) is 19.0 Å². The van der Waals surface area contributed by atoms with Gasteiger partial charge in [-0.1, -0.05) is 19.3 Å². The van der Waals surface area contributed by atoms with E-state index in [1.807, 2.05) is 0 Å². The van der Waals surface area contributed by atoms with Crippen LogP contribution in [0.5, 0.6) is 0 Å². The van der Waals surface area contributed by atoms with Crippen LogP contribution in [0.25, 0.3) is 0 Å². The maximum atomic E-state index is 12.2. The monoisotopic (exact) mass is 325 g/mol. The first kappa shape index (κ1) is 17.2. The average Bonchev–Trinajstić information content (AvgIpc) is 2.56. The highest BCUT2D eigenvalue weighted by atomic mass is 16.5. The number of hydrogen-bond acceptors (Lipinski definition) is 4. The highest BCUT2D eigenvalue weighted by Crippen LogP contribution is 2.38. The topological polar surface area (TPSA) is 56.8 Å². The number of carbonyl (C=O) groups is 1. The Kier molecular flexibility index (Phi) is 6.31. The van der Waals surface area contributed by atoms with E-state index in [9.17, 15) is 4.79 Å². The van der Waals surface area contributed by atoms with Gasteiger partial charge in [-0.25, -0.2) is 0 Å². The molecular formula is C18H31NO4. The summed E-state index contributed by atoms with van der Waals surface area (Å²) in [6.45, 7) is 2.86. The van der Waals surface area contributed by atoms with Gasteiger partial charge in [-0.05, 0) is 38.5 Å². The van der Waals surface area contributed by atoms with E-state index in [4.69, 9.17) is 14.2 Å². The number of hydrogen-bond donors (Lipinski definition) is 1. The van der Waals surface area contributed by atoms with Gasteiger partial charge < -0.3 is 19.5 Å². The summed E-state index contributed by atoms with van der Waals surface area (Å²) in [5.41, 5.74) is 0.0487. The molecule has 0 aromatic carbocycles. The second-order valence-corrected chi connectivity index (χ2v) is 7.28. The van der Waals surface area contributed by atoms with Crippen molar-refractivity contribution in [2.45, 2.75) is 82.0 Å². The Bertz CT molecular complexity index is 370. The summed E-state index contributed by atoms with van der Waals surface area (Å²) in [6, 6.07) is 0.275. The maximum Gasteiger partial charge on any atom is 0.222 e. The Morgan fingerprint density at radius 1 is 1.09 bits per heavy atom. The zero-order chi connectivity index (χ0) is 16.0. The minimum atomic E-state index is 0.0487. The third-order valence-electron chi connectivity index (χ3n) is 5.47. The lowest BCUT2D eigenvalue weighted by Gasteiger charge is -2.43. The second-order valence-electron chi connectivity index (χ2n) is 7.28. The minimum Gasteiger partial charge on any atom is -0.381 e. The predicted octanol–water partition coefficient (Wildman–Crippen LogP) is 2.57. The van der Waals surface area contributed by atoms with Crippen molar-refractivity contribution in [3.63, 3.8) is 0 Å². The fourth-order valence-corrected chi connectivity index (χ4v) is 4.16. The Balaban J connectivity index is 1.35. The highest BCUT2D eigenvalue weighted by molar-refractivity contribution is 5.76. The molecule has 2 saturated heterocycles. The van der Waals surface area contributed by atoms with Crippen LogP contribution >= 0.6 is 0 Å². The molecule has 1 atom stereocenters. The molecule has 3 rings (SSSR count). The molecule has 2 heterocycles. The van der Waals surface area contributed by atoms with E-state index in [-0.39, 0.29) is 23.7 Å². The summed E-state index contributed by atoms with van der Waals surface area (Å²) in [6.07, 6.45) is 10.7. The summed E-state index contributed by atoms with van der Waals surface area (Å²) in [4.78, 5) is 12.2. The molecule has 5 heteroatoms. The normalized spacial score (nSPS) is 28.6. The van der Waals surface area contributed by atoms with Crippen LogP contribution in [0.1, 0.15) is 64.2 Å². The molecule has 132 valence electrons. The van der Waals surface area contributed by atoms with Crippen LogP contribution in [0.4, 0.5) is 0 Å². The van der Waals surface area contributed by atoms with Crippen LogP contribution in [0.3, 0.4) is 0 Å². The van der Waals surface area contributed by atoms with Gasteiger partial charge in [0.15, 0.2) is 0 Å². The highest BCUT2D eigenvalue weighted by Gasteiger charge is 2.38. The van der Waals surface area contributed by atoms with Crippen molar-refractivity contribution in [2.75, 3.05) is 26.4 Å². The van der Waals surface area contributed by atoms with Crippen molar-refractivity contribution >= 4 is 5.91 Å². The minimum absolute atomic E-state index is 0.0487. The fraction of sp³-hybridized carbons (Fsp3) is 0.944. The largest absolute Gasteiger partial charge is 0.381 e. The van der Waals surface area contributed by atoms with E-state index >= 15 is 0 Å². The van der Waals surface area contributed by atoms with Crippen molar-refractivity contribution in [2.24, 2.45) is 0 Å². The molecule has 1 spiro atoms. The molecule has 3 aliphatic rings. The van der Waals surface area contributed by atoms with E-state index < -0.39 is 0 Å². The fourth-order valence-electron chi connectivity index (χ4n) is 4.16. The summed E-state index contributed by atoms with van der Waals surface area (Å²) in [5.74, 6) is 0.120. The molecule has 1 amide bonds. The Morgan fingerprint density at radius 2 is 1.87 bits per heavy atom. The van der Waals surface area contributed by atoms with Crippen molar-refractivity contribution in [1.82, 2.24) is 5.32 Å². The molecule has 0 unspecified atom stereocenters. The molecule has 1 N–H and O–H groups in total. The number of nitrogens with one attached hydrogen (secondary N) is 1. The molecule has 2 aliphatic heterocycles. The summed E-state index contributed by atoms with van der Waals surface area (Å²) in [7, 11) is 0. The zero-order valence-electron chi connectivity index (χ0n) is 14.2. The van der Waals surface area contributed by atoms with Crippen LogP contribution < -0.4 is 5.32 Å². The third-order valence-corrected chi connectivity index (χ3v) is 5.47. The third kappa shape index (κ3) is 5.16. The lowest BCUT2D eigenvalue weighted by atomic mass is 9.78. The van der Waals surface area contributed by atoms with Crippen molar-refractivity contribution in [3.8, 4) is 0 Å². The van der Waals surface area contributed by atoms with E-state index in [1.54, 1.807) is 0 Å².